The molecule has 2 aromatic rings. The summed E-state index contributed by atoms with van der Waals surface area (Å²) in [5, 5.41) is 3.13. The number of aromatic nitrogens is 2. The van der Waals surface area contributed by atoms with Crippen LogP contribution in [-0.4, -0.2) is 9.97 Å². The van der Waals surface area contributed by atoms with E-state index < -0.39 is 0 Å². The predicted octanol–water partition coefficient (Wildman–Crippen LogP) is 3.18. The van der Waals surface area contributed by atoms with Crippen LogP contribution >= 0.6 is 15.9 Å². The molecule has 0 unspecified atom stereocenters. The summed E-state index contributed by atoms with van der Waals surface area (Å²) in [5.41, 5.74) is 8.88. The predicted molar refractivity (Wildman–Crippen MR) is 73.3 cm³/mol. The standard InChI is InChI=1S/C12H13BrN4/c1-7-5-9(6-8(2)11(7)13)16-12-15-4-3-10(14)17-12/h3-6H,1-2H3,(H3,14,15,16,17). The summed E-state index contributed by atoms with van der Waals surface area (Å²) in [5.74, 6) is 0.958. The van der Waals surface area contributed by atoms with E-state index >= 15 is 0 Å². The Kier molecular flexibility index (Phi) is 3.28. The molecule has 88 valence electrons. The lowest BCUT2D eigenvalue weighted by Gasteiger charge is -2.09. The lowest BCUT2D eigenvalue weighted by atomic mass is 10.1. The van der Waals surface area contributed by atoms with Crippen molar-refractivity contribution in [2.24, 2.45) is 0 Å². The molecule has 2 rings (SSSR count). The van der Waals surface area contributed by atoms with E-state index in [2.05, 4.69) is 31.2 Å². The lowest BCUT2D eigenvalue weighted by molar-refractivity contribution is 1.17. The first-order chi connectivity index (χ1) is 8.06. The van der Waals surface area contributed by atoms with Crippen molar-refractivity contribution in [1.29, 1.82) is 0 Å². The van der Waals surface area contributed by atoms with E-state index in [1.165, 1.54) is 0 Å². The maximum atomic E-state index is 5.60. The number of nitrogens with one attached hydrogen (secondary N) is 1. The van der Waals surface area contributed by atoms with Crippen LogP contribution in [0.2, 0.25) is 0 Å². The van der Waals surface area contributed by atoms with Crippen molar-refractivity contribution in [2.45, 2.75) is 13.8 Å². The highest BCUT2D eigenvalue weighted by Crippen LogP contribution is 2.26. The molecule has 3 N–H and O–H groups in total. The van der Waals surface area contributed by atoms with Crippen LogP contribution in [0.4, 0.5) is 17.5 Å². The highest BCUT2D eigenvalue weighted by Gasteiger charge is 2.03. The Morgan fingerprint density at radius 1 is 1.24 bits per heavy atom. The lowest BCUT2D eigenvalue weighted by Crippen LogP contribution is -2.00. The molecule has 0 atom stereocenters. The van der Waals surface area contributed by atoms with Gasteiger partial charge in [0, 0.05) is 16.4 Å². The van der Waals surface area contributed by atoms with Crippen molar-refractivity contribution < 1.29 is 0 Å². The summed E-state index contributed by atoms with van der Waals surface area (Å²) in [6.45, 7) is 4.09. The van der Waals surface area contributed by atoms with Crippen LogP contribution in [0.5, 0.6) is 0 Å². The Morgan fingerprint density at radius 3 is 2.47 bits per heavy atom. The van der Waals surface area contributed by atoms with Crippen LogP contribution in [0.3, 0.4) is 0 Å². The molecule has 0 spiro atoms. The van der Waals surface area contributed by atoms with Crippen LogP contribution in [0.15, 0.2) is 28.9 Å². The fourth-order valence-corrected chi connectivity index (χ4v) is 1.81. The Labute approximate surface area is 108 Å². The van der Waals surface area contributed by atoms with E-state index in [9.17, 15) is 0 Å². The van der Waals surface area contributed by atoms with Crippen LogP contribution in [0.1, 0.15) is 11.1 Å². The first kappa shape index (κ1) is 11.9. The van der Waals surface area contributed by atoms with Crippen molar-refractivity contribution in [2.75, 3.05) is 11.1 Å². The van der Waals surface area contributed by atoms with E-state index in [-0.39, 0.29) is 0 Å². The molecule has 1 heterocycles. The molecular weight excluding hydrogens is 280 g/mol. The minimum absolute atomic E-state index is 0.452. The molecule has 0 aliphatic rings. The van der Waals surface area contributed by atoms with Crippen molar-refractivity contribution in [3.63, 3.8) is 0 Å². The van der Waals surface area contributed by atoms with Gasteiger partial charge in [-0.05, 0) is 43.2 Å². The van der Waals surface area contributed by atoms with Crippen molar-refractivity contribution in [1.82, 2.24) is 9.97 Å². The van der Waals surface area contributed by atoms with E-state index in [1.807, 2.05) is 26.0 Å². The Morgan fingerprint density at radius 2 is 1.88 bits per heavy atom. The molecule has 0 aliphatic heterocycles. The van der Waals surface area contributed by atoms with Crippen LogP contribution < -0.4 is 11.1 Å². The number of nitrogens with two attached hydrogens (primary N) is 1. The van der Waals surface area contributed by atoms with Crippen LogP contribution in [0, 0.1) is 13.8 Å². The smallest absolute Gasteiger partial charge is 0.229 e. The molecule has 17 heavy (non-hydrogen) atoms. The Balaban J connectivity index is 2.31. The van der Waals surface area contributed by atoms with Gasteiger partial charge in [-0.15, -0.1) is 0 Å². The summed E-state index contributed by atoms with van der Waals surface area (Å²) >= 11 is 3.53. The average molecular weight is 293 g/mol. The van der Waals surface area contributed by atoms with Gasteiger partial charge in [0.15, 0.2) is 0 Å². The van der Waals surface area contributed by atoms with E-state index in [4.69, 9.17) is 5.73 Å². The second-order valence-electron chi connectivity index (χ2n) is 3.85. The third-order valence-corrected chi connectivity index (χ3v) is 3.62. The third-order valence-electron chi connectivity index (χ3n) is 2.37. The van der Waals surface area contributed by atoms with Crippen molar-refractivity contribution in [3.05, 3.63) is 40.0 Å². The highest BCUT2D eigenvalue weighted by atomic mass is 79.9. The normalized spacial score (nSPS) is 10.3. The molecule has 0 saturated carbocycles. The van der Waals surface area contributed by atoms with Gasteiger partial charge in [-0.3, -0.25) is 0 Å². The summed E-state index contributed by atoms with van der Waals surface area (Å²) in [7, 11) is 0. The zero-order chi connectivity index (χ0) is 12.4. The molecule has 0 aliphatic carbocycles. The van der Waals surface area contributed by atoms with Gasteiger partial charge >= 0.3 is 0 Å². The second kappa shape index (κ2) is 4.71. The molecule has 4 nitrogen and oxygen atoms in total. The summed E-state index contributed by atoms with van der Waals surface area (Å²) in [6, 6.07) is 5.72. The van der Waals surface area contributed by atoms with Gasteiger partial charge in [-0.2, -0.15) is 4.98 Å². The van der Waals surface area contributed by atoms with Gasteiger partial charge in [0.25, 0.3) is 0 Å². The molecule has 5 heteroatoms. The number of hydrogen-bond donors (Lipinski definition) is 2. The van der Waals surface area contributed by atoms with Gasteiger partial charge in [0.2, 0.25) is 5.95 Å². The molecule has 1 aromatic carbocycles. The monoisotopic (exact) mass is 292 g/mol. The van der Waals surface area contributed by atoms with Gasteiger partial charge in [0.1, 0.15) is 5.82 Å². The van der Waals surface area contributed by atoms with Crippen molar-refractivity contribution in [3.8, 4) is 0 Å². The van der Waals surface area contributed by atoms with Gasteiger partial charge < -0.3 is 11.1 Å². The number of nitrogen functional groups attached to an aromatic ring is 1. The fourth-order valence-electron chi connectivity index (χ4n) is 1.58. The SMILES string of the molecule is Cc1cc(Nc2nccc(N)n2)cc(C)c1Br. The van der Waals surface area contributed by atoms with Crippen molar-refractivity contribution >= 4 is 33.4 Å². The van der Waals surface area contributed by atoms with E-state index in [0.29, 0.717) is 11.8 Å². The van der Waals surface area contributed by atoms with Gasteiger partial charge in [-0.1, -0.05) is 15.9 Å². The second-order valence-corrected chi connectivity index (χ2v) is 4.65. The van der Waals surface area contributed by atoms with Gasteiger partial charge in [0.05, 0.1) is 0 Å². The van der Waals surface area contributed by atoms with E-state index in [1.54, 1.807) is 12.3 Å². The van der Waals surface area contributed by atoms with Gasteiger partial charge in [-0.25, -0.2) is 4.98 Å². The Bertz CT molecular complexity index is 531. The van der Waals surface area contributed by atoms with Crippen LogP contribution in [-0.2, 0) is 0 Å². The maximum absolute atomic E-state index is 5.60. The molecular formula is C12H13BrN4. The quantitative estimate of drug-likeness (QED) is 0.892. The average Bonchev–Trinajstić information content (AvgIpc) is 2.26. The first-order valence-corrected chi connectivity index (χ1v) is 5.98. The topological polar surface area (TPSA) is 63.8 Å². The summed E-state index contributed by atoms with van der Waals surface area (Å²) in [6.07, 6.45) is 1.63. The highest BCUT2D eigenvalue weighted by molar-refractivity contribution is 9.10. The third kappa shape index (κ3) is 2.74. The maximum Gasteiger partial charge on any atom is 0.229 e. The Hall–Kier alpha value is -1.62. The zero-order valence-electron chi connectivity index (χ0n) is 9.66. The van der Waals surface area contributed by atoms with E-state index in [0.717, 1.165) is 21.3 Å². The number of nitrogens with zero attached hydrogens (tertiary/aromatic N) is 2. The molecule has 1 aromatic heterocycles. The molecule has 0 fully saturated rings. The molecule has 0 amide bonds. The number of rotatable bonds is 2. The number of hydrogen-bond acceptors (Lipinski definition) is 4. The number of anilines is 3. The number of halogens is 1. The fraction of sp³-hybridized carbons (Fsp3) is 0.167. The molecule has 0 radical (unpaired) electrons. The van der Waals surface area contributed by atoms with Crippen LogP contribution in [0.25, 0.3) is 0 Å². The molecule has 0 bridgehead atoms. The minimum atomic E-state index is 0.452. The largest absolute Gasteiger partial charge is 0.384 e. The molecule has 0 saturated heterocycles. The minimum Gasteiger partial charge on any atom is -0.384 e. The number of aryl methyl sites for hydroxylation is 2. The zero-order valence-corrected chi connectivity index (χ0v) is 11.2. The first-order valence-electron chi connectivity index (χ1n) is 5.18. The summed E-state index contributed by atoms with van der Waals surface area (Å²) < 4.78 is 1.12. The summed E-state index contributed by atoms with van der Waals surface area (Å²) in [4.78, 5) is 8.20. The number of benzene rings is 1.